The highest BCUT2D eigenvalue weighted by molar-refractivity contribution is 7.90. The number of aromatic nitrogens is 1. The van der Waals surface area contributed by atoms with Crippen LogP contribution in [0.4, 0.5) is 0 Å². The van der Waals surface area contributed by atoms with E-state index in [9.17, 15) is 18.0 Å². The molecule has 1 aliphatic carbocycles. The molecule has 1 saturated carbocycles. The van der Waals surface area contributed by atoms with Gasteiger partial charge in [0.2, 0.25) is 0 Å². The van der Waals surface area contributed by atoms with Crippen LogP contribution >= 0.6 is 0 Å². The maximum Gasteiger partial charge on any atom is 0.326 e. The molecule has 3 rings (SSSR count). The van der Waals surface area contributed by atoms with Crippen molar-refractivity contribution in [3.63, 3.8) is 0 Å². The SMILES string of the molecule is Cc1ccc(S(=O)(=O)n2ccc(C(=O)NC(C(=O)O)C3CC3)c2)cc1. The molecule has 7 nitrogen and oxygen atoms in total. The summed E-state index contributed by atoms with van der Waals surface area (Å²) in [5.74, 6) is -1.74. The van der Waals surface area contributed by atoms with Crippen LogP contribution < -0.4 is 5.32 Å². The molecule has 0 spiro atoms. The van der Waals surface area contributed by atoms with Crippen molar-refractivity contribution in [1.29, 1.82) is 0 Å². The van der Waals surface area contributed by atoms with Gasteiger partial charge in [-0.1, -0.05) is 17.7 Å². The monoisotopic (exact) mass is 362 g/mol. The minimum absolute atomic E-state index is 0.0557. The highest BCUT2D eigenvalue weighted by atomic mass is 32.2. The number of rotatable bonds is 6. The quantitative estimate of drug-likeness (QED) is 0.812. The van der Waals surface area contributed by atoms with Crippen LogP contribution in [-0.4, -0.2) is 35.4 Å². The number of aryl methyl sites for hydroxylation is 1. The predicted octanol–water partition coefficient (Wildman–Crippen LogP) is 1.63. The topological polar surface area (TPSA) is 105 Å². The van der Waals surface area contributed by atoms with E-state index in [1.54, 1.807) is 12.1 Å². The number of nitrogens with one attached hydrogen (secondary N) is 1. The summed E-state index contributed by atoms with van der Waals surface area (Å²) in [6.45, 7) is 1.85. The van der Waals surface area contributed by atoms with E-state index < -0.39 is 27.9 Å². The molecule has 132 valence electrons. The zero-order chi connectivity index (χ0) is 18.2. The van der Waals surface area contributed by atoms with E-state index in [-0.39, 0.29) is 16.4 Å². The molecule has 0 saturated heterocycles. The average molecular weight is 362 g/mol. The minimum Gasteiger partial charge on any atom is -0.480 e. The summed E-state index contributed by atoms with van der Waals surface area (Å²) in [7, 11) is -3.80. The van der Waals surface area contributed by atoms with E-state index in [0.717, 1.165) is 22.4 Å². The number of amides is 1. The van der Waals surface area contributed by atoms with E-state index in [1.165, 1.54) is 30.6 Å². The standard InChI is InChI=1S/C17H18N2O5S/c1-11-2-6-14(7-3-11)25(23,24)19-9-8-13(10-19)16(20)18-15(17(21)22)12-4-5-12/h2-3,6-10,12,15H,4-5H2,1H3,(H,18,20)(H,21,22). The van der Waals surface area contributed by atoms with E-state index in [2.05, 4.69) is 5.32 Å². The lowest BCUT2D eigenvalue weighted by molar-refractivity contribution is -0.139. The molecular weight excluding hydrogens is 344 g/mol. The summed E-state index contributed by atoms with van der Waals surface area (Å²) >= 11 is 0. The van der Waals surface area contributed by atoms with Crippen molar-refractivity contribution in [1.82, 2.24) is 9.29 Å². The second kappa shape index (κ2) is 6.36. The molecule has 1 fully saturated rings. The number of carboxylic acid groups (broad SMARTS) is 1. The Hall–Kier alpha value is -2.61. The van der Waals surface area contributed by atoms with Gasteiger partial charge in [-0.15, -0.1) is 0 Å². The number of carboxylic acids is 1. The highest BCUT2D eigenvalue weighted by Gasteiger charge is 2.37. The van der Waals surface area contributed by atoms with Gasteiger partial charge >= 0.3 is 5.97 Å². The van der Waals surface area contributed by atoms with E-state index in [4.69, 9.17) is 5.11 Å². The van der Waals surface area contributed by atoms with Crippen LogP contribution in [0.1, 0.15) is 28.8 Å². The zero-order valence-corrected chi connectivity index (χ0v) is 14.4. The Labute approximate surface area is 145 Å². The largest absolute Gasteiger partial charge is 0.480 e. The Balaban J connectivity index is 1.80. The molecule has 0 bridgehead atoms. The molecule has 2 N–H and O–H groups in total. The number of aliphatic carboxylic acids is 1. The number of benzene rings is 1. The molecule has 0 radical (unpaired) electrons. The van der Waals surface area contributed by atoms with Crippen LogP contribution in [0.3, 0.4) is 0 Å². The molecule has 8 heteroatoms. The third-order valence-electron chi connectivity index (χ3n) is 4.17. The van der Waals surface area contributed by atoms with Gasteiger partial charge in [-0.3, -0.25) is 4.79 Å². The molecule has 1 aromatic carbocycles. The van der Waals surface area contributed by atoms with Gasteiger partial charge in [-0.05, 0) is 43.9 Å². The molecule has 1 amide bonds. The summed E-state index contributed by atoms with van der Waals surface area (Å²) in [5.41, 5.74) is 1.04. The van der Waals surface area contributed by atoms with E-state index in [1.807, 2.05) is 6.92 Å². The smallest absolute Gasteiger partial charge is 0.326 e. The first-order valence-corrected chi connectivity index (χ1v) is 9.27. The van der Waals surface area contributed by atoms with Crippen molar-refractivity contribution in [2.24, 2.45) is 5.92 Å². The number of hydrogen-bond acceptors (Lipinski definition) is 4. The van der Waals surface area contributed by atoms with Crippen molar-refractivity contribution >= 4 is 21.9 Å². The molecule has 1 unspecified atom stereocenters. The Bertz CT molecular complexity index is 911. The summed E-state index contributed by atoms with van der Waals surface area (Å²) in [6.07, 6.45) is 3.99. The van der Waals surface area contributed by atoms with Gasteiger partial charge in [0.15, 0.2) is 0 Å². The van der Waals surface area contributed by atoms with Crippen molar-refractivity contribution in [3.8, 4) is 0 Å². The molecule has 25 heavy (non-hydrogen) atoms. The lowest BCUT2D eigenvalue weighted by Gasteiger charge is -2.12. The number of carbonyl (C=O) groups is 2. The first-order chi connectivity index (χ1) is 11.8. The first-order valence-electron chi connectivity index (χ1n) is 7.83. The Morgan fingerprint density at radius 2 is 1.84 bits per heavy atom. The van der Waals surface area contributed by atoms with Crippen molar-refractivity contribution < 1.29 is 23.1 Å². The fourth-order valence-corrected chi connectivity index (χ4v) is 3.72. The maximum absolute atomic E-state index is 12.6. The van der Waals surface area contributed by atoms with Crippen LogP contribution in [0.2, 0.25) is 0 Å². The zero-order valence-electron chi connectivity index (χ0n) is 13.5. The molecular formula is C17H18N2O5S. The Kier molecular flexibility index (Phi) is 4.38. The van der Waals surface area contributed by atoms with Crippen LogP contribution in [0, 0.1) is 12.8 Å². The summed E-state index contributed by atoms with van der Waals surface area (Å²) in [5, 5.41) is 11.6. The first kappa shape index (κ1) is 17.2. The third-order valence-corrected chi connectivity index (χ3v) is 5.82. The van der Waals surface area contributed by atoms with Crippen LogP contribution in [0.15, 0.2) is 47.6 Å². The maximum atomic E-state index is 12.6. The molecule has 2 aromatic rings. The minimum atomic E-state index is -3.80. The number of hydrogen-bond donors (Lipinski definition) is 2. The van der Waals surface area contributed by atoms with Crippen LogP contribution in [-0.2, 0) is 14.8 Å². The van der Waals surface area contributed by atoms with Crippen LogP contribution in [0.5, 0.6) is 0 Å². The van der Waals surface area contributed by atoms with Gasteiger partial charge in [0.1, 0.15) is 6.04 Å². The van der Waals surface area contributed by atoms with Crippen LogP contribution in [0.25, 0.3) is 0 Å². The predicted molar refractivity (Wildman–Crippen MR) is 89.8 cm³/mol. The van der Waals surface area contributed by atoms with Gasteiger partial charge in [0.25, 0.3) is 15.9 Å². The third kappa shape index (κ3) is 3.58. The molecule has 1 aliphatic rings. The van der Waals surface area contributed by atoms with Gasteiger partial charge in [-0.25, -0.2) is 17.2 Å². The molecule has 1 aromatic heterocycles. The summed E-state index contributed by atoms with van der Waals surface area (Å²) in [6, 6.07) is 6.79. The highest BCUT2D eigenvalue weighted by Crippen LogP contribution is 2.32. The fraction of sp³-hybridized carbons (Fsp3) is 0.294. The van der Waals surface area contributed by atoms with Gasteiger partial charge < -0.3 is 10.4 Å². The normalized spacial score (nSPS) is 15.6. The Morgan fingerprint density at radius 1 is 1.20 bits per heavy atom. The van der Waals surface area contributed by atoms with Gasteiger partial charge in [0, 0.05) is 12.4 Å². The number of carbonyl (C=O) groups excluding carboxylic acids is 1. The summed E-state index contributed by atoms with van der Waals surface area (Å²) in [4.78, 5) is 23.6. The van der Waals surface area contributed by atoms with E-state index in [0.29, 0.717) is 0 Å². The average Bonchev–Trinajstić information content (AvgIpc) is 3.26. The Morgan fingerprint density at radius 3 is 2.40 bits per heavy atom. The van der Waals surface area contributed by atoms with Crippen molar-refractivity contribution in [2.45, 2.75) is 30.7 Å². The van der Waals surface area contributed by atoms with Crippen molar-refractivity contribution in [2.75, 3.05) is 0 Å². The second-order valence-electron chi connectivity index (χ2n) is 6.17. The number of nitrogens with zero attached hydrogens (tertiary/aromatic N) is 1. The van der Waals surface area contributed by atoms with E-state index >= 15 is 0 Å². The second-order valence-corrected chi connectivity index (χ2v) is 8.02. The van der Waals surface area contributed by atoms with Gasteiger partial charge in [0.05, 0.1) is 10.5 Å². The lowest BCUT2D eigenvalue weighted by Crippen LogP contribution is -2.42. The summed E-state index contributed by atoms with van der Waals surface area (Å²) < 4.78 is 26.1. The molecule has 1 heterocycles. The molecule has 0 aliphatic heterocycles. The molecule has 1 atom stereocenters. The van der Waals surface area contributed by atoms with Crippen molar-refractivity contribution in [3.05, 3.63) is 53.9 Å². The fourth-order valence-electron chi connectivity index (χ4n) is 2.53. The lowest BCUT2D eigenvalue weighted by atomic mass is 10.2. The van der Waals surface area contributed by atoms with Gasteiger partial charge in [-0.2, -0.15) is 0 Å².